The van der Waals surface area contributed by atoms with Gasteiger partial charge in [-0.1, -0.05) is 0 Å². The number of aromatic nitrogens is 2. The van der Waals surface area contributed by atoms with Crippen molar-refractivity contribution in [1.82, 2.24) is 14.9 Å². The van der Waals surface area contributed by atoms with E-state index >= 15 is 0 Å². The molecule has 3 rings (SSSR count). The highest BCUT2D eigenvalue weighted by molar-refractivity contribution is 5.97. The molecule has 5 N–H and O–H groups in total. The molecule has 2 aliphatic rings. The van der Waals surface area contributed by atoms with E-state index < -0.39 is 5.91 Å². The number of nitrogens with one attached hydrogen (secondary N) is 2. The van der Waals surface area contributed by atoms with Gasteiger partial charge in [0, 0.05) is 38.3 Å². The Hall–Kier alpha value is -2.42. The van der Waals surface area contributed by atoms with Crippen LogP contribution in [0.1, 0.15) is 61.7 Å². The van der Waals surface area contributed by atoms with Gasteiger partial charge in [-0.2, -0.15) is 4.98 Å². The number of anilines is 2. The van der Waals surface area contributed by atoms with Crippen LogP contribution < -0.4 is 16.4 Å². The normalized spacial score (nSPS) is 27.1. The molecule has 160 valence electrons. The number of hydrogen-bond donors (Lipinski definition) is 4. The van der Waals surface area contributed by atoms with Crippen molar-refractivity contribution < 1.29 is 14.7 Å². The van der Waals surface area contributed by atoms with E-state index in [4.69, 9.17) is 5.73 Å². The van der Waals surface area contributed by atoms with Gasteiger partial charge in [-0.15, -0.1) is 0 Å². The first-order valence-corrected chi connectivity index (χ1v) is 10.4. The van der Waals surface area contributed by atoms with Crippen molar-refractivity contribution in [2.45, 2.75) is 69.6 Å². The number of aliphatic hydroxyl groups is 1. The fourth-order valence-corrected chi connectivity index (χ4v) is 4.26. The number of aliphatic hydroxyl groups excluding tert-OH is 1. The van der Waals surface area contributed by atoms with Crippen LogP contribution in [0, 0.1) is 5.92 Å². The second-order valence-electron chi connectivity index (χ2n) is 8.41. The molecule has 29 heavy (non-hydrogen) atoms. The van der Waals surface area contributed by atoms with Gasteiger partial charge in [-0.25, -0.2) is 4.98 Å². The number of nitrogens with two attached hydrogens (primary N) is 1. The maximum atomic E-state index is 12.1. The zero-order valence-corrected chi connectivity index (χ0v) is 17.2. The Morgan fingerprint density at radius 1 is 1.10 bits per heavy atom. The van der Waals surface area contributed by atoms with Crippen molar-refractivity contribution in [2.24, 2.45) is 11.7 Å². The summed E-state index contributed by atoms with van der Waals surface area (Å²) in [5, 5.41) is 16.5. The van der Waals surface area contributed by atoms with Crippen LogP contribution >= 0.6 is 0 Å². The highest BCUT2D eigenvalue weighted by atomic mass is 16.3. The lowest BCUT2D eigenvalue weighted by Crippen LogP contribution is -2.35. The van der Waals surface area contributed by atoms with Gasteiger partial charge in [-0.3, -0.25) is 9.59 Å². The third kappa shape index (κ3) is 5.56. The average molecular weight is 405 g/mol. The summed E-state index contributed by atoms with van der Waals surface area (Å²) >= 11 is 0. The van der Waals surface area contributed by atoms with E-state index in [1.165, 1.54) is 6.20 Å². The lowest BCUT2D eigenvalue weighted by molar-refractivity contribution is -0.133. The summed E-state index contributed by atoms with van der Waals surface area (Å²) < 4.78 is 0. The van der Waals surface area contributed by atoms with E-state index in [1.54, 1.807) is 19.0 Å². The van der Waals surface area contributed by atoms with Gasteiger partial charge in [0.2, 0.25) is 11.9 Å². The largest absolute Gasteiger partial charge is 0.393 e. The van der Waals surface area contributed by atoms with Crippen molar-refractivity contribution in [2.75, 3.05) is 24.7 Å². The molecule has 0 aliphatic heterocycles. The quantitative estimate of drug-likeness (QED) is 0.562. The Morgan fingerprint density at radius 3 is 2.45 bits per heavy atom. The first-order valence-electron chi connectivity index (χ1n) is 10.4. The van der Waals surface area contributed by atoms with Crippen molar-refractivity contribution in [1.29, 1.82) is 0 Å². The number of carbonyl (C=O) groups excluding carboxylic acids is 2. The summed E-state index contributed by atoms with van der Waals surface area (Å²) in [6.45, 7) is 0. The number of amides is 2. The molecule has 2 fully saturated rings. The van der Waals surface area contributed by atoms with E-state index in [0.717, 1.165) is 44.9 Å². The minimum absolute atomic E-state index is 0.0482. The first kappa shape index (κ1) is 21.3. The Labute approximate surface area is 171 Å². The average Bonchev–Trinajstić information content (AvgIpc) is 2.68. The summed E-state index contributed by atoms with van der Waals surface area (Å²) in [6, 6.07) is 0.233. The number of nitrogens with zero attached hydrogens (tertiary/aromatic N) is 3. The molecule has 1 aromatic rings. The molecule has 9 heteroatoms. The van der Waals surface area contributed by atoms with Crippen LogP contribution in [0.5, 0.6) is 0 Å². The molecule has 1 unspecified atom stereocenters. The standard InChI is InChI=1S/C20H32N6O3/c1-26(2)19(29)12-6-8-13(9-7-12)24-20-22-11-16(17(21)28)18(25-20)23-14-4-3-5-15(27)10-14/h11-15,27H,3-10H2,1-2H3,(H2,21,28)(H2,22,23,24,25)/t12?,13?,14?,15-/m0/s1. The molecule has 0 spiro atoms. The molecule has 2 saturated carbocycles. The third-order valence-electron chi connectivity index (χ3n) is 5.89. The van der Waals surface area contributed by atoms with Gasteiger partial charge in [0.15, 0.2) is 0 Å². The fraction of sp³-hybridized carbons (Fsp3) is 0.700. The maximum absolute atomic E-state index is 12.1. The maximum Gasteiger partial charge on any atom is 0.254 e. The second-order valence-corrected chi connectivity index (χ2v) is 8.41. The van der Waals surface area contributed by atoms with E-state index in [1.807, 2.05) is 0 Å². The highest BCUT2D eigenvalue weighted by Gasteiger charge is 2.28. The zero-order valence-electron chi connectivity index (χ0n) is 17.2. The first-order chi connectivity index (χ1) is 13.8. The molecular weight excluding hydrogens is 372 g/mol. The number of primary amides is 1. The van der Waals surface area contributed by atoms with Crippen molar-refractivity contribution >= 4 is 23.6 Å². The van der Waals surface area contributed by atoms with Gasteiger partial charge >= 0.3 is 0 Å². The highest BCUT2D eigenvalue weighted by Crippen LogP contribution is 2.28. The number of carbonyl (C=O) groups is 2. The monoisotopic (exact) mass is 404 g/mol. The predicted octanol–water partition coefficient (Wildman–Crippen LogP) is 1.35. The molecule has 1 heterocycles. The third-order valence-corrected chi connectivity index (χ3v) is 5.89. The smallest absolute Gasteiger partial charge is 0.254 e. The van der Waals surface area contributed by atoms with Crippen molar-refractivity contribution in [3.63, 3.8) is 0 Å². The van der Waals surface area contributed by atoms with E-state index in [0.29, 0.717) is 18.2 Å². The number of hydrogen-bond acceptors (Lipinski definition) is 7. The van der Waals surface area contributed by atoms with Crippen LogP contribution in [0.2, 0.25) is 0 Å². The zero-order chi connectivity index (χ0) is 21.0. The summed E-state index contributed by atoms with van der Waals surface area (Å²) in [4.78, 5) is 34.3. The number of rotatable bonds is 6. The molecule has 2 aliphatic carbocycles. The molecule has 0 radical (unpaired) electrons. The van der Waals surface area contributed by atoms with Gasteiger partial charge < -0.3 is 26.4 Å². The molecule has 0 aromatic carbocycles. The van der Waals surface area contributed by atoms with E-state index in [2.05, 4.69) is 20.6 Å². The summed E-state index contributed by atoms with van der Waals surface area (Å²) in [5.74, 6) is 0.530. The van der Waals surface area contributed by atoms with E-state index in [-0.39, 0.29) is 35.6 Å². The molecule has 0 bridgehead atoms. The van der Waals surface area contributed by atoms with Crippen LogP contribution in [-0.4, -0.2) is 64.1 Å². The van der Waals surface area contributed by atoms with Gasteiger partial charge in [0.05, 0.1) is 11.7 Å². The van der Waals surface area contributed by atoms with Crippen LogP contribution in [0.25, 0.3) is 0 Å². The molecular formula is C20H32N6O3. The van der Waals surface area contributed by atoms with Crippen LogP contribution in [0.4, 0.5) is 11.8 Å². The van der Waals surface area contributed by atoms with Crippen LogP contribution in [0.15, 0.2) is 6.20 Å². The summed E-state index contributed by atoms with van der Waals surface area (Å²) in [5.41, 5.74) is 5.73. The summed E-state index contributed by atoms with van der Waals surface area (Å²) in [6.07, 6.45) is 7.76. The Kier molecular flexibility index (Phi) is 6.89. The Balaban J connectivity index is 1.64. The summed E-state index contributed by atoms with van der Waals surface area (Å²) in [7, 11) is 3.58. The van der Waals surface area contributed by atoms with Gasteiger partial charge in [-0.05, 0) is 51.4 Å². The molecule has 9 nitrogen and oxygen atoms in total. The molecule has 0 saturated heterocycles. The molecule has 2 amide bonds. The predicted molar refractivity (Wildman–Crippen MR) is 110 cm³/mol. The minimum Gasteiger partial charge on any atom is -0.393 e. The molecule has 2 atom stereocenters. The SMILES string of the molecule is CN(C)C(=O)C1CCC(Nc2ncc(C(N)=O)c(NC3CCC[C@H](O)C3)n2)CC1. The van der Waals surface area contributed by atoms with E-state index in [9.17, 15) is 14.7 Å². The van der Waals surface area contributed by atoms with Gasteiger partial charge in [0.1, 0.15) is 5.82 Å². The van der Waals surface area contributed by atoms with Crippen molar-refractivity contribution in [3.05, 3.63) is 11.8 Å². The Morgan fingerprint density at radius 2 is 1.83 bits per heavy atom. The molecule has 1 aromatic heterocycles. The lowest BCUT2D eigenvalue weighted by Gasteiger charge is -2.30. The fourth-order valence-electron chi connectivity index (χ4n) is 4.26. The van der Waals surface area contributed by atoms with Gasteiger partial charge in [0.25, 0.3) is 5.91 Å². The Bertz CT molecular complexity index is 733. The van der Waals surface area contributed by atoms with Crippen LogP contribution in [0.3, 0.4) is 0 Å². The second kappa shape index (κ2) is 9.39. The topological polar surface area (TPSA) is 133 Å². The van der Waals surface area contributed by atoms with Crippen LogP contribution in [-0.2, 0) is 4.79 Å². The van der Waals surface area contributed by atoms with Crippen molar-refractivity contribution in [3.8, 4) is 0 Å². The lowest BCUT2D eigenvalue weighted by atomic mass is 9.85. The minimum atomic E-state index is -0.585.